The third-order valence-electron chi connectivity index (χ3n) is 3.93. The average molecular weight is 356 g/mol. The molecule has 25 heavy (non-hydrogen) atoms. The summed E-state index contributed by atoms with van der Waals surface area (Å²) in [7, 11) is 0. The van der Waals surface area contributed by atoms with E-state index in [-0.39, 0.29) is 5.41 Å². The molecular weight excluding hydrogens is 330 g/mol. The molecule has 0 radical (unpaired) electrons. The van der Waals surface area contributed by atoms with Crippen LogP contribution in [0.2, 0.25) is 0 Å². The van der Waals surface area contributed by atoms with Crippen LogP contribution in [0.25, 0.3) is 0 Å². The number of nitrogens with zero attached hydrogens (tertiary/aromatic N) is 3. The van der Waals surface area contributed by atoms with E-state index in [4.69, 9.17) is 4.98 Å². The summed E-state index contributed by atoms with van der Waals surface area (Å²) in [6, 6.07) is 4.15. The van der Waals surface area contributed by atoms with Crippen molar-refractivity contribution in [2.24, 2.45) is 0 Å². The van der Waals surface area contributed by atoms with Gasteiger partial charge in [-0.25, -0.2) is 9.97 Å². The van der Waals surface area contributed by atoms with Crippen LogP contribution in [0.3, 0.4) is 0 Å². The number of hydrogen-bond donors (Lipinski definition) is 1. The number of hydrogen-bond acceptors (Lipinski definition) is 5. The summed E-state index contributed by atoms with van der Waals surface area (Å²) >= 11 is 1.68. The van der Waals surface area contributed by atoms with Gasteiger partial charge in [0.2, 0.25) is 0 Å². The maximum absolute atomic E-state index is 9.71. The van der Waals surface area contributed by atoms with Crippen LogP contribution >= 0.6 is 11.3 Å². The fourth-order valence-corrected chi connectivity index (χ4v) is 3.56. The Balaban J connectivity index is 1.67. The monoisotopic (exact) mass is 355 g/mol. The normalized spacial score (nSPS) is 15.0. The van der Waals surface area contributed by atoms with Gasteiger partial charge in [0.25, 0.3) is 0 Å². The highest BCUT2D eigenvalue weighted by Crippen LogP contribution is 2.27. The van der Waals surface area contributed by atoms with Crippen molar-refractivity contribution in [1.82, 2.24) is 14.9 Å². The van der Waals surface area contributed by atoms with E-state index < -0.39 is 5.60 Å². The molecule has 0 amide bonds. The first-order valence-corrected chi connectivity index (χ1v) is 9.34. The van der Waals surface area contributed by atoms with E-state index in [2.05, 4.69) is 48.6 Å². The third kappa shape index (κ3) is 4.66. The molecule has 0 saturated carbocycles. The van der Waals surface area contributed by atoms with Crippen LogP contribution in [0.5, 0.6) is 0 Å². The first kappa shape index (κ1) is 18.1. The number of thiophene rings is 1. The lowest BCUT2D eigenvalue weighted by Crippen LogP contribution is -2.17. The Morgan fingerprint density at radius 2 is 1.96 bits per heavy atom. The zero-order valence-electron chi connectivity index (χ0n) is 15.6. The van der Waals surface area contributed by atoms with Gasteiger partial charge in [0.1, 0.15) is 11.4 Å². The van der Waals surface area contributed by atoms with Crippen molar-refractivity contribution >= 4 is 11.3 Å². The van der Waals surface area contributed by atoms with Gasteiger partial charge in [-0.05, 0) is 26.0 Å². The lowest BCUT2D eigenvalue weighted by molar-refractivity contribution is 0.143. The van der Waals surface area contributed by atoms with Crippen molar-refractivity contribution in [1.29, 1.82) is 0 Å². The van der Waals surface area contributed by atoms with E-state index in [1.807, 2.05) is 12.3 Å². The van der Waals surface area contributed by atoms with Crippen LogP contribution in [0, 0.1) is 11.8 Å². The molecule has 0 atom stereocenters. The van der Waals surface area contributed by atoms with Gasteiger partial charge in [0, 0.05) is 41.7 Å². The molecule has 3 heterocycles. The maximum Gasteiger partial charge on any atom is 0.133 e. The van der Waals surface area contributed by atoms with Crippen LogP contribution in [0.4, 0.5) is 0 Å². The Bertz CT molecular complexity index is 831. The van der Waals surface area contributed by atoms with Gasteiger partial charge >= 0.3 is 0 Å². The minimum Gasteiger partial charge on any atom is -0.378 e. The Hall–Kier alpha value is -1.74. The summed E-state index contributed by atoms with van der Waals surface area (Å²) in [4.78, 5) is 14.0. The molecule has 2 aromatic heterocycles. The molecule has 3 rings (SSSR count). The minimum absolute atomic E-state index is 0.0236. The molecule has 132 valence electrons. The summed E-state index contributed by atoms with van der Waals surface area (Å²) in [6.45, 7) is 12.5. The largest absolute Gasteiger partial charge is 0.378 e. The third-order valence-corrected chi connectivity index (χ3v) is 4.91. The zero-order chi connectivity index (χ0) is 18.2. The van der Waals surface area contributed by atoms with Gasteiger partial charge in [-0.2, -0.15) is 0 Å². The molecule has 0 aliphatic carbocycles. The predicted octanol–water partition coefficient (Wildman–Crippen LogP) is 3.47. The summed E-state index contributed by atoms with van der Waals surface area (Å²) in [5.41, 5.74) is 1.40. The average Bonchev–Trinajstić information content (AvgIpc) is 3.09. The molecule has 0 bridgehead atoms. The van der Waals surface area contributed by atoms with Gasteiger partial charge in [-0.15, -0.1) is 11.3 Å². The molecule has 1 N–H and O–H groups in total. The quantitative estimate of drug-likeness (QED) is 0.838. The van der Waals surface area contributed by atoms with Crippen LogP contribution < -0.4 is 0 Å². The Morgan fingerprint density at radius 1 is 1.20 bits per heavy atom. The second-order valence-electron chi connectivity index (χ2n) is 8.14. The molecule has 0 aromatic carbocycles. The number of fused-ring (bicyclic) bond motifs is 1. The molecule has 1 aliphatic heterocycles. The van der Waals surface area contributed by atoms with Gasteiger partial charge in [-0.3, -0.25) is 4.90 Å². The molecule has 2 aromatic rings. The van der Waals surface area contributed by atoms with Gasteiger partial charge < -0.3 is 5.11 Å². The summed E-state index contributed by atoms with van der Waals surface area (Å²) in [5.74, 6) is 6.82. The van der Waals surface area contributed by atoms with E-state index in [1.54, 1.807) is 25.2 Å². The maximum atomic E-state index is 9.71. The standard InChI is InChI=1S/C20H25N3OS/c1-19(2,3)18-21-10-14-11-23(13-17(14)22-18)12-16-7-6-15(25-16)8-9-20(4,5)24/h6-7,10,24H,11-13H2,1-5H3. The molecular formula is C20H25N3OS. The zero-order valence-corrected chi connectivity index (χ0v) is 16.4. The van der Waals surface area contributed by atoms with Crippen LogP contribution in [0.15, 0.2) is 18.3 Å². The lowest BCUT2D eigenvalue weighted by atomic mass is 9.95. The number of rotatable bonds is 2. The van der Waals surface area contributed by atoms with E-state index in [0.717, 1.165) is 36.0 Å². The van der Waals surface area contributed by atoms with Crippen molar-refractivity contribution in [3.63, 3.8) is 0 Å². The molecule has 4 nitrogen and oxygen atoms in total. The summed E-state index contributed by atoms with van der Waals surface area (Å²) in [6.07, 6.45) is 1.98. The lowest BCUT2D eigenvalue weighted by Gasteiger charge is -2.16. The van der Waals surface area contributed by atoms with E-state index >= 15 is 0 Å². The highest BCUT2D eigenvalue weighted by molar-refractivity contribution is 7.12. The van der Waals surface area contributed by atoms with E-state index in [9.17, 15) is 5.11 Å². The summed E-state index contributed by atoms with van der Waals surface area (Å²) in [5, 5.41) is 9.71. The SMILES string of the molecule is CC(C)(O)C#Cc1ccc(CN2Cc3cnc(C(C)(C)C)nc3C2)s1. The van der Waals surface area contributed by atoms with E-state index in [1.165, 1.54) is 10.4 Å². The molecule has 0 unspecified atom stereocenters. The molecule has 1 aliphatic rings. The molecule has 0 saturated heterocycles. The van der Waals surface area contributed by atoms with Crippen LogP contribution in [-0.2, 0) is 25.0 Å². The second-order valence-corrected chi connectivity index (χ2v) is 9.30. The topological polar surface area (TPSA) is 49.2 Å². The van der Waals surface area contributed by atoms with E-state index in [0.29, 0.717) is 0 Å². The smallest absolute Gasteiger partial charge is 0.133 e. The molecule has 5 heteroatoms. The predicted molar refractivity (Wildman–Crippen MR) is 101 cm³/mol. The first-order chi connectivity index (χ1) is 11.6. The highest BCUT2D eigenvalue weighted by atomic mass is 32.1. The highest BCUT2D eigenvalue weighted by Gasteiger charge is 2.25. The fraction of sp³-hybridized carbons (Fsp3) is 0.500. The van der Waals surface area contributed by atoms with Crippen LogP contribution in [-0.4, -0.2) is 25.6 Å². The summed E-state index contributed by atoms with van der Waals surface area (Å²) < 4.78 is 0. The Kier molecular flexibility index (Phi) is 4.72. The fourth-order valence-electron chi connectivity index (χ4n) is 2.66. The van der Waals surface area contributed by atoms with Crippen molar-refractivity contribution < 1.29 is 5.11 Å². The molecule has 0 fully saturated rings. The number of aliphatic hydroxyl groups is 1. The van der Waals surface area contributed by atoms with Crippen molar-refractivity contribution in [3.05, 3.63) is 45.2 Å². The minimum atomic E-state index is -0.954. The molecule has 0 spiro atoms. The second kappa shape index (κ2) is 6.53. The first-order valence-electron chi connectivity index (χ1n) is 8.52. The van der Waals surface area contributed by atoms with Crippen molar-refractivity contribution in [2.45, 2.75) is 65.3 Å². The van der Waals surface area contributed by atoms with Crippen molar-refractivity contribution in [2.75, 3.05) is 0 Å². The Labute approximate surface area is 153 Å². The van der Waals surface area contributed by atoms with Gasteiger partial charge in [0.15, 0.2) is 0 Å². The van der Waals surface area contributed by atoms with Crippen LogP contribution in [0.1, 0.15) is 61.5 Å². The Morgan fingerprint density at radius 3 is 2.64 bits per heavy atom. The van der Waals surface area contributed by atoms with Gasteiger partial charge in [-0.1, -0.05) is 32.6 Å². The van der Waals surface area contributed by atoms with Crippen molar-refractivity contribution in [3.8, 4) is 11.8 Å². The van der Waals surface area contributed by atoms with Gasteiger partial charge in [0.05, 0.1) is 10.6 Å². The number of aromatic nitrogens is 2.